The van der Waals surface area contributed by atoms with Crippen LogP contribution in [0.2, 0.25) is 0 Å². The lowest BCUT2D eigenvalue weighted by Crippen LogP contribution is -2.40. The van der Waals surface area contributed by atoms with Crippen LogP contribution >= 0.6 is 0 Å². The molecule has 1 amide bonds. The van der Waals surface area contributed by atoms with Crippen molar-refractivity contribution in [3.8, 4) is 11.1 Å². The molecule has 0 radical (unpaired) electrons. The van der Waals surface area contributed by atoms with E-state index in [1.807, 2.05) is 24.3 Å². The molecule has 26 heavy (non-hydrogen) atoms. The molecular weight excluding hydrogens is 331 g/mol. The van der Waals surface area contributed by atoms with Gasteiger partial charge in [0.2, 0.25) is 0 Å². The molecule has 0 atom stereocenters. The number of rotatable bonds is 3. The van der Waals surface area contributed by atoms with Crippen LogP contribution in [0.5, 0.6) is 0 Å². The fraction of sp³-hybridized carbons (Fsp3) is 0.238. The fourth-order valence-corrected chi connectivity index (χ4v) is 3.55. The summed E-state index contributed by atoms with van der Waals surface area (Å²) in [6.07, 6.45) is 4.73. The van der Waals surface area contributed by atoms with Crippen LogP contribution < -0.4 is 0 Å². The number of halogens is 1. The Morgan fingerprint density at radius 1 is 0.923 bits per heavy atom. The lowest BCUT2D eigenvalue weighted by molar-refractivity contribution is -0.127. The average Bonchev–Trinajstić information content (AvgIpc) is 3.07. The Bertz CT molecular complexity index is 969. The van der Waals surface area contributed by atoms with Crippen molar-refractivity contribution in [3.63, 3.8) is 0 Å². The molecule has 0 saturated carbocycles. The standard InChI is InChI=1S/C21H19FN2O2/c22-16-9-7-15(8-10-16)18-14-17-6-2-5-13-24(17)19(18)20(25)21(26)23-11-3-1-4-12-23/h2,5-10,13-14H,1,3-4,11-12H2. The van der Waals surface area contributed by atoms with Gasteiger partial charge in [-0.1, -0.05) is 18.2 Å². The van der Waals surface area contributed by atoms with E-state index < -0.39 is 11.7 Å². The molecule has 1 aliphatic rings. The number of carbonyl (C=O) groups excluding carboxylic acids is 2. The predicted octanol–water partition coefficient (Wildman–Crippen LogP) is 3.94. The Labute approximate surface area is 150 Å². The summed E-state index contributed by atoms with van der Waals surface area (Å²) in [7, 11) is 0. The van der Waals surface area contributed by atoms with Crippen LogP contribution in [-0.4, -0.2) is 34.1 Å². The predicted molar refractivity (Wildman–Crippen MR) is 97.6 cm³/mol. The molecule has 5 heteroatoms. The van der Waals surface area contributed by atoms with Crippen LogP contribution in [0.1, 0.15) is 29.8 Å². The van der Waals surface area contributed by atoms with Crippen molar-refractivity contribution in [2.24, 2.45) is 0 Å². The molecule has 0 bridgehead atoms. The van der Waals surface area contributed by atoms with Crippen LogP contribution in [0, 0.1) is 5.82 Å². The van der Waals surface area contributed by atoms with Crippen molar-refractivity contribution in [1.29, 1.82) is 0 Å². The number of hydrogen-bond acceptors (Lipinski definition) is 2. The number of carbonyl (C=O) groups is 2. The van der Waals surface area contributed by atoms with Crippen LogP contribution in [0.25, 0.3) is 16.6 Å². The third kappa shape index (κ3) is 2.90. The van der Waals surface area contributed by atoms with Gasteiger partial charge in [0.25, 0.3) is 11.7 Å². The highest BCUT2D eigenvalue weighted by molar-refractivity contribution is 6.43. The second kappa shape index (κ2) is 6.75. The summed E-state index contributed by atoms with van der Waals surface area (Å²) < 4.78 is 15.0. The topological polar surface area (TPSA) is 41.8 Å². The van der Waals surface area contributed by atoms with Crippen molar-refractivity contribution in [1.82, 2.24) is 9.30 Å². The second-order valence-electron chi connectivity index (χ2n) is 6.59. The minimum atomic E-state index is -0.516. The van der Waals surface area contributed by atoms with Gasteiger partial charge in [-0.3, -0.25) is 9.59 Å². The number of hydrogen-bond donors (Lipinski definition) is 0. The summed E-state index contributed by atoms with van der Waals surface area (Å²) >= 11 is 0. The highest BCUT2D eigenvalue weighted by Gasteiger charge is 2.29. The number of piperidine rings is 1. The normalized spacial score (nSPS) is 14.6. The van der Waals surface area contributed by atoms with Crippen LogP contribution in [0.4, 0.5) is 4.39 Å². The van der Waals surface area contributed by atoms with E-state index in [4.69, 9.17) is 0 Å². The first kappa shape index (κ1) is 16.5. The van der Waals surface area contributed by atoms with Crippen molar-refractivity contribution in [2.45, 2.75) is 19.3 Å². The lowest BCUT2D eigenvalue weighted by Gasteiger charge is -2.26. The monoisotopic (exact) mass is 350 g/mol. The van der Waals surface area contributed by atoms with E-state index in [2.05, 4.69) is 0 Å². The smallest absolute Gasteiger partial charge is 0.296 e. The number of aromatic nitrogens is 1. The maximum absolute atomic E-state index is 13.3. The van der Waals surface area contributed by atoms with Crippen molar-refractivity contribution in [2.75, 3.05) is 13.1 Å². The van der Waals surface area contributed by atoms with E-state index in [1.165, 1.54) is 12.1 Å². The van der Waals surface area contributed by atoms with E-state index in [1.54, 1.807) is 27.6 Å². The molecule has 1 aromatic carbocycles. The van der Waals surface area contributed by atoms with Crippen LogP contribution in [0.15, 0.2) is 54.7 Å². The summed E-state index contributed by atoms with van der Waals surface area (Å²) in [5.41, 5.74) is 2.51. The SMILES string of the molecule is O=C(C(=O)N1CCCCC1)c1c(-c2ccc(F)cc2)cc2ccccn12. The molecule has 4 rings (SSSR count). The van der Waals surface area contributed by atoms with E-state index in [0.29, 0.717) is 29.9 Å². The van der Waals surface area contributed by atoms with Gasteiger partial charge in [-0.25, -0.2) is 4.39 Å². The zero-order valence-corrected chi connectivity index (χ0v) is 14.3. The number of Topliss-reactive ketones (excluding diaryl/α,β-unsaturated/α-hetero) is 1. The number of ketones is 1. The molecular formula is C21H19FN2O2. The Balaban J connectivity index is 1.82. The van der Waals surface area contributed by atoms with Crippen molar-refractivity contribution in [3.05, 3.63) is 66.2 Å². The van der Waals surface area contributed by atoms with Gasteiger partial charge < -0.3 is 9.30 Å². The zero-order valence-electron chi connectivity index (χ0n) is 14.3. The first-order chi connectivity index (χ1) is 12.6. The molecule has 1 saturated heterocycles. The first-order valence-electron chi connectivity index (χ1n) is 8.85. The minimum absolute atomic E-state index is 0.336. The number of nitrogens with zero attached hydrogens (tertiary/aromatic N) is 2. The van der Waals surface area contributed by atoms with Crippen molar-refractivity contribution >= 4 is 17.2 Å². The van der Waals surface area contributed by atoms with E-state index in [0.717, 1.165) is 24.8 Å². The van der Waals surface area contributed by atoms with E-state index in [-0.39, 0.29) is 5.82 Å². The van der Waals surface area contributed by atoms with E-state index >= 15 is 0 Å². The maximum atomic E-state index is 13.3. The van der Waals surface area contributed by atoms with Gasteiger partial charge >= 0.3 is 0 Å². The molecule has 3 heterocycles. The number of pyridine rings is 1. The average molecular weight is 350 g/mol. The van der Waals surface area contributed by atoms with Crippen molar-refractivity contribution < 1.29 is 14.0 Å². The van der Waals surface area contributed by atoms with Gasteiger partial charge in [0.05, 0.1) is 0 Å². The molecule has 0 aliphatic carbocycles. The minimum Gasteiger partial charge on any atom is -0.336 e. The Hall–Kier alpha value is -2.95. The Morgan fingerprint density at radius 2 is 1.65 bits per heavy atom. The third-order valence-electron chi connectivity index (χ3n) is 4.89. The van der Waals surface area contributed by atoms with Gasteiger partial charge in [0.1, 0.15) is 11.5 Å². The molecule has 2 aromatic heterocycles. The number of benzene rings is 1. The molecule has 4 nitrogen and oxygen atoms in total. The third-order valence-corrected chi connectivity index (χ3v) is 4.89. The van der Waals surface area contributed by atoms with Gasteiger partial charge in [0.15, 0.2) is 0 Å². The summed E-state index contributed by atoms with van der Waals surface area (Å²) in [5.74, 6) is -1.32. The van der Waals surface area contributed by atoms with Crippen LogP contribution in [-0.2, 0) is 4.79 Å². The summed E-state index contributed by atoms with van der Waals surface area (Å²) in [6.45, 7) is 1.25. The summed E-state index contributed by atoms with van der Waals surface area (Å²) in [4.78, 5) is 27.5. The van der Waals surface area contributed by atoms with Gasteiger partial charge in [-0.05, 0) is 55.2 Å². The molecule has 132 valence electrons. The zero-order chi connectivity index (χ0) is 18.1. The largest absolute Gasteiger partial charge is 0.336 e. The molecule has 3 aromatic rings. The highest BCUT2D eigenvalue weighted by atomic mass is 19.1. The van der Waals surface area contributed by atoms with Gasteiger partial charge in [-0.15, -0.1) is 0 Å². The Kier molecular flexibility index (Phi) is 4.29. The number of likely N-dealkylation sites (tertiary alicyclic amines) is 1. The molecule has 1 fully saturated rings. The number of fused-ring (bicyclic) bond motifs is 1. The Morgan fingerprint density at radius 3 is 2.38 bits per heavy atom. The quantitative estimate of drug-likeness (QED) is 0.530. The lowest BCUT2D eigenvalue weighted by atomic mass is 10.0. The van der Waals surface area contributed by atoms with E-state index in [9.17, 15) is 14.0 Å². The summed E-state index contributed by atoms with van der Waals surface area (Å²) in [5, 5.41) is 0. The number of amides is 1. The summed E-state index contributed by atoms with van der Waals surface area (Å²) in [6, 6.07) is 13.4. The molecule has 0 N–H and O–H groups in total. The molecule has 0 spiro atoms. The maximum Gasteiger partial charge on any atom is 0.296 e. The second-order valence-corrected chi connectivity index (χ2v) is 6.59. The molecule has 0 unspecified atom stereocenters. The molecule has 1 aliphatic heterocycles. The highest BCUT2D eigenvalue weighted by Crippen LogP contribution is 2.29. The fourth-order valence-electron chi connectivity index (χ4n) is 3.55. The van der Waals surface area contributed by atoms with Crippen LogP contribution in [0.3, 0.4) is 0 Å². The van der Waals surface area contributed by atoms with Gasteiger partial charge in [-0.2, -0.15) is 0 Å². The first-order valence-corrected chi connectivity index (χ1v) is 8.85. The van der Waals surface area contributed by atoms with Gasteiger partial charge in [0, 0.05) is 30.4 Å².